The van der Waals surface area contributed by atoms with Gasteiger partial charge in [-0.1, -0.05) is 0 Å². The Labute approximate surface area is 105 Å². The van der Waals surface area contributed by atoms with Crippen molar-refractivity contribution in [3.8, 4) is 0 Å². The monoisotopic (exact) mass is 252 g/mol. The SMILES string of the molecule is O=C(Nc1ccc(C(O)CO)nc1)C1CCCO1. The first-order valence-electron chi connectivity index (χ1n) is 5.88. The van der Waals surface area contributed by atoms with Crippen LogP contribution in [0.15, 0.2) is 18.3 Å². The van der Waals surface area contributed by atoms with Gasteiger partial charge in [-0.2, -0.15) is 0 Å². The van der Waals surface area contributed by atoms with Gasteiger partial charge < -0.3 is 20.3 Å². The van der Waals surface area contributed by atoms with E-state index in [0.29, 0.717) is 18.0 Å². The van der Waals surface area contributed by atoms with Crippen LogP contribution in [0.4, 0.5) is 5.69 Å². The number of anilines is 1. The van der Waals surface area contributed by atoms with Crippen molar-refractivity contribution in [1.29, 1.82) is 0 Å². The molecule has 2 heterocycles. The Kier molecular flexibility index (Phi) is 4.24. The summed E-state index contributed by atoms with van der Waals surface area (Å²) in [5, 5.41) is 20.8. The number of ether oxygens (including phenoxy) is 1. The molecule has 18 heavy (non-hydrogen) atoms. The van der Waals surface area contributed by atoms with Gasteiger partial charge >= 0.3 is 0 Å². The van der Waals surface area contributed by atoms with Gasteiger partial charge in [-0.3, -0.25) is 9.78 Å². The Balaban J connectivity index is 1.95. The van der Waals surface area contributed by atoms with Crippen LogP contribution < -0.4 is 5.32 Å². The molecular weight excluding hydrogens is 236 g/mol. The molecule has 6 nitrogen and oxygen atoms in total. The van der Waals surface area contributed by atoms with Crippen molar-refractivity contribution in [1.82, 2.24) is 4.98 Å². The van der Waals surface area contributed by atoms with Crippen LogP contribution in [0, 0.1) is 0 Å². The normalized spacial score (nSPS) is 20.7. The van der Waals surface area contributed by atoms with E-state index in [-0.39, 0.29) is 18.6 Å². The first-order chi connectivity index (χ1) is 8.70. The van der Waals surface area contributed by atoms with Crippen molar-refractivity contribution < 1.29 is 19.7 Å². The molecule has 1 aliphatic rings. The van der Waals surface area contributed by atoms with Crippen LogP contribution in [0.2, 0.25) is 0 Å². The molecule has 6 heteroatoms. The van der Waals surface area contributed by atoms with Crippen molar-refractivity contribution in [3.05, 3.63) is 24.0 Å². The lowest BCUT2D eigenvalue weighted by Crippen LogP contribution is -2.26. The highest BCUT2D eigenvalue weighted by atomic mass is 16.5. The molecule has 1 aromatic heterocycles. The number of carbonyl (C=O) groups is 1. The number of amides is 1. The zero-order chi connectivity index (χ0) is 13.0. The van der Waals surface area contributed by atoms with E-state index >= 15 is 0 Å². The second kappa shape index (κ2) is 5.90. The molecule has 0 radical (unpaired) electrons. The van der Waals surface area contributed by atoms with Crippen LogP contribution in [0.3, 0.4) is 0 Å². The summed E-state index contributed by atoms with van der Waals surface area (Å²) < 4.78 is 5.26. The molecule has 0 aromatic carbocycles. The van der Waals surface area contributed by atoms with Gasteiger partial charge in [-0.05, 0) is 25.0 Å². The summed E-state index contributed by atoms with van der Waals surface area (Å²) in [4.78, 5) is 15.7. The van der Waals surface area contributed by atoms with E-state index in [1.165, 1.54) is 6.20 Å². The fourth-order valence-corrected chi connectivity index (χ4v) is 1.78. The molecule has 1 fully saturated rings. The molecule has 0 saturated carbocycles. The number of nitrogens with zero attached hydrogens (tertiary/aromatic N) is 1. The second-order valence-electron chi connectivity index (χ2n) is 4.16. The van der Waals surface area contributed by atoms with Gasteiger partial charge in [0.25, 0.3) is 5.91 Å². The highest BCUT2D eigenvalue weighted by Crippen LogP contribution is 2.16. The largest absolute Gasteiger partial charge is 0.393 e. The lowest BCUT2D eigenvalue weighted by atomic mass is 10.2. The molecule has 1 amide bonds. The number of hydrogen-bond acceptors (Lipinski definition) is 5. The van der Waals surface area contributed by atoms with E-state index in [4.69, 9.17) is 9.84 Å². The summed E-state index contributed by atoms with van der Waals surface area (Å²) in [5.74, 6) is -0.176. The van der Waals surface area contributed by atoms with E-state index < -0.39 is 6.10 Å². The number of nitrogens with one attached hydrogen (secondary N) is 1. The van der Waals surface area contributed by atoms with Gasteiger partial charge in [-0.25, -0.2) is 0 Å². The predicted octanol–water partition coefficient (Wildman–Crippen LogP) is 0.225. The summed E-state index contributed by atoms with van der Waals surface area (Å²) in [6.07, 6.45) is 1.71. The molecule has 0 bridgehead atoms. The number of hydrogen-bond donors (Lipinski definition) is 3. The van der Waals surface area contributed by atoms with Crippen molar-refractivity contribution in [2.24, 2.45) is 0 Å². The Bertz CT molecular complexity index is 401. The number of carbonyl (C=O) groups excluding carboxylic acids is 1. The summed E-state index contributed by atoms with van der Waals surface area (Å²) >= 11 is 0. The van der Waals surface area contributed by atoms with Crippen molar-refractivity contribution in [2.75, 3.05) is 18.5 Å². The molecule has 98 valence electrons. The maximum Gasteiger partial charge on any atom is 0.253 e. The Morgan fingerprint density at radius 1 is 1.61 bits per heavy atom. The smallest absolute Gasteiger partial charge is 0.253 e. The van der Waals surface area contributed by atoms with Gasteiger partial charge in [-0.15, -0.1) is 0 Å². The fourth-order valence-electron chi connectivity index (χ4n) is 1.78. The van der Waals surface area contributed by atoms with Gasteiger partial charge in [0.1, 0.15) is 12.2 Å². The third-order valence-electron chi connectivity index (χ3n) is 2.79. The van der Waals surface area contributed by atoms with Crippen molar-refractivity contribution in [2.45, 2.75) is 25.0 Å². The minimum atomic E-state index is -0.993. The number of aliphatic hydroxyl groups is 2. The van der Waals surface area contributed by atoms with Crippen LogP contribution in [-0.2, 0) is 9.53 Å². The third kappa shape index (κ3) is 3.04. The predicted molar refractivity (Wildman–Crippen MR) is 63.9 cm³/mol. The Hall–Kier alpha value is -1.50. The van der Waals surface area contributed by atoms with Crippen molar-refractivity contribution in [3.63, 3.8) is 0 Å². The summed E-state index contributed by atoms with van der Waals surface area (Å²) in [7, 11) is 0. The molecule has 3 N–H and O–H groups in total. The lowest BCUT2D eigenvalue weighted by molar-refractivity contribution is -0.124. The first kappa shape index (κ1) is 12.9. The average Bonchev–Trinajstić information content (AvgIpc) is 2.92. The maximum absolute atomic E-state index is 11.7. The molecule has 2 rings (SSSR count). The fraction of sp³-hybridized carbons (Fsp3) is 0.500. The number of rotatable bonds is 4. The zero-order valence-electron chi connectivity index (χ0n) is 9.87. The zero-order valence-corrected chi connectivity index (χ0v) is 9.87. The molecule has 0 spiro atoms. The van der Waals surface area contributed by atoms with Crippen LogP contribution in [-0.4, -0.2) is 40.4 Å². The molecule has 1 saturated heterocycles. The number of aliphatic hydroxyl groups excluding tert-OH is 2. The molecule has 0 aliphatic carbocycles. The summed E-state index contributed by atoms with van der Waals surface area (Å²) in [5.41, 5.74) is 0.914. The Morgan fingerprint density at radius 3 is 3.00 bits per heavy atom. The van der Waals surface area contributed by atoms with Crippen LogP contribution in [0.5, 0.6) is 0 Å². The quantitative estimate of drug-likeness (QED) is 0.713. The van der Waals surface area contributed by atoms with E-state index in [2.05, 4.69) is 10.3 Å². The highest BCUT2D eigenvalue weighted by Gasteiger charge is 2.23. The van der Waals surface area contributed by atoms with Gasteiger partial charge in [0.15, 0.2) is 0 Å². The molecule has 1 aliphatic heterocycles. The van der Waals surface area contributed by atoms with Crippen molar-refractivity contribution >= 4 is 11.6 Å². The van der Waals surface area contributed by atoms with Gasteiger partial charge in [0.05, 0.1) is 24.2 Å². The lowest BCUT2D eigenvalue weighted by Gasteiger charge is -2.11. The van der Waals surface area contributed by atoms with Crippen LogP contribution in [0.25, 0.3) is 0 Å². The van der Waals surface area contributed by atoms with E-state index in [1.54, 1.807) is 12.1 Å². The van der Waals surface area contributed by atoms with E-state index in [9.17, 15) is 9.90 Å². The molecule has 2 atom stereocenters. The second-order valence-corrected chi connectivity index (χ2v) is 4.16. The number of aromatic nitrogens is 1. The molecule has 1 aromatic rings. The van der Waals surface area contributed by atoms with Gasteiger partial charge in [0, 0.05) is 6.61 Å². The molecule has 2 unspecified atom stereocenters. The van der Waals surface area contributed by atoms with Gasteiger partial charge in [0.2, 0.25) is 0 Å². The summed E-state index contributed by atoms with van der Waals surface area (Å²) in [6, 6.07) is 3.19. The first-order valence-corrected chi connectivity index (χ1v) is 5.88. The standard InChI is InChI=1S/C12H16N2O4/c15-7-10(16)9-4-3-8(6-13-9)14-12(17)11-2-1-5-18-11/h3-4,6,10-11,15-16H,1-2,5,7H2,(H,14,17). The minimum Gasteiger partial charge on any atom is -0.393 e. The maximum atomic E-state index is 11.7. The average molecular weight is 252 g/mol. The van der Waals surface area contributed by atoms with E-state index in [0.717, 1.165) is 12.8 Å². The topological polar surface area (TPSA) is 91.7 Å². The third-order valence-corrected chi connectivity index (χ3v) is 2.79. The Morgan fingerprint density at radius 2 is 2.44 bits per heavy atom. The minimum absolute atomic E-state index is 0.176. The van der Waals surface area contributed by atoms with Crippen LogP contribution >= 0.6 is 0 Å². The number of pyridine rings is 1. The molecular formula is C12H16N2O4. The van der Waals surface area contributed by atoms with Crippen LogP contribution in [0.1, 0.15) is 24.6 Å². The van der Waals surface area contributed by atoms with E-state index in [1.807, 2.05) is 0 Å². The highest BCUT2D eigenvalue weighted by molar-refractivity contribution is 5.94. The summed E-state index contributed by atoms with van der Waals surface area (Å²) in [6.45, 7) is 0.243.